The summed E-state index contributed by atoms with van der Waals surface area (Å²) in [6.45, 7) is 6.36. The first kappa shape index (κ1) is 17.7. The summed E-state index contributed by atoms with van der Waals surface area (Å²) >= 11 is 0. The van der Waals surface area contributed by atoms with Gasteiger partial charge in [0.25, 0.3) is 0 Å². The van der Waals surface area contributed by atoms with Crippen LogP contribution in [-0.2, 0) is 9.59 Å². The fraction of sp³-hybridized carbons (Fsp3) is 0.316. The SMILES string of the molecule is C=CC(=O)N1CCCC(C(=O)Nc2cccc(-n3cc(C)[nH]c3=O)c2)C1. The van der Waals surface area contributed by atoms with Gasteiger partial charge >= 0.3 is 5.69 Å². The molecule has 3 rings (SSSR count). The third-order valence-corrected chi connectivity index (χ3v) is 4.52. The van der Waals surface area contributed by atoms with E-state index in [9.17, 15) is 14.4 Å². The molecule has 1 aromatic carbocycles. The Morgan fingerprint density at radius 1 is 1.38 bits per heavy atom. The Kier molecular flexibility index (Phi) is 5.06. The molecule has 2 heterocycles. The molecule has 0 spiro atoms. The highest BCUT2D eigenvalue weighted by Crippen LogP contribution is 2.20. The van der Waals surface area contributed by atoms with Crippen LogP contribution in [0.15, 0.2) is 47.9 Å². The Morgan fingerprint density at radius 2 is 2.19 bits per heavy atom. The van der Waals surface area contributed by atoms with Gasteiger partial charge in [-0.25, -0.2) is 4.79 Å². The molecule has 2 amide bonds. The van der Waals surface area contributed by atoms with Gasteiger partial charge in [0.15, 0.2) is 0 Å². The zero-order chi connectivity index (χ0) is 18.7. The number of hydrogen-bond acceptors (Lipinski definition) is 3. The Balaban J connectivity index is 1.73. The zero-order valence-corrected chi connectivity index (χ0v) is 14.7. The van der Waals surface area contributed by atoms with Crippen LogP contribution < -0.4 is 11.0 Å². The molecule has 1 atom stereocenters. The van der Waals surface area contributed by atoms with Crippen LogP contribution in [0.2, 0.25) is 0 Å². The quantitative estimate of drug-likeness (QED) is 0.821. The second kappa shape index (κ2) is 7.43. The molecule has 1 fully saturated rings. The van der Waals surface area contributed by atoms with Crippen molar-refractivity contribution in [2.24, 2.45) is 5.92 Å². The van der Waals surface area contributed by atoms with Crippen molar-refractivity contribution in [3.8, 4) is 5.69 Å². The summed E-state index contributed by atoms with van der Waals surface area (Å²) in [6, 6.07) is 7.12. The number of rotatable bonds is 4. The van der Waals surface area contributed by atoms with Crippen molar-refractivity contribution in [3.05, 3.63) is 59.3 Å². The van der Waals surface area contributed by atoms with Gasteiger partial charge in [-0.1, -0.05) is 12.6 Å². The van der Waals surface area contributed by atoms with Gasteiger partial charge in [0.2, 0.25) is 11.8 Å². The minimum Gasteiger partial charge on any atom is -0.338 e. The van der Waals surface area contributed by atoms with Gasteiger partial charge in [-0.15, -0.1) is 0 Å². The van der Waals surface area contributed by atoms with Gasteiger partial charge in [0.1, 0.15) is 0 Å². The average molecular weight is 354 g/mol. The summed E-state index contributed by atoms with van der Waals surface area (Å²) < 4.78 is 1.50. The molecule has 1 aliphatic rings. The molecule has 0 bridgehead atoms. The van der Waals surface area contributed by atoms with Crippen LogP contribution in [0.4, 0.5) is 5.69 Å². The Morgan fingerprint density at radius 3 is 2.88 bits per heavy atom. The van der Waals surface area contributed by atoms with E-state index in [1.807, 2.05) is 6.92 Å². The summed E-state index contributed by atoms with van der Waals surface area (Å²) in [5.41, 5.74) is 1.82. The smallest absolute Gasteiger partial charge is 0.330 e. The number of nitrogens with zero attached hydrogens (tertiary/aromatic N) is 2. The van der Waals surface area contributed by atoms with Gasteiger partial charge in [-0.3, -0.25) is 14.2 Å². The molecule has 1 aromatic heterocycles. The van der Waals surface area contributed by atoms with E-state index in [4.69, 9.17) is 0 Å². The number of aromatic nitrogens is 2. The zero-order valence-electron chi connectivity index (χ0n) is 14.7. The number of amides is 2. The van der Waals surface area contributed by atoms with Crippen LogP contribution in [0.3, 0.4) is 0 Å². The van der Waals surface area contributed by atoms with Crippen molar-refractivity contribution in [3.63, 3.8) is 0 Å². The highest BCUT2D eigenvalue weighted by atomic mass is 16.2. The van der Waals surface area contributed by atoms with E-state index >= 15 is 0 Å². The number of aromatic amines is 1. The Hall–Kier alpha value is -3.09. The van der Waals surface area contributed by atoms with Gasteiger partial charge in [-0.05, 0) is 44.0 Å². The average Bonchev–Trinajstić information content (AvgIpc) is 2.99. The van der Waals surface area contributed by atoms with E-state index in [0.717, 1.165) is 18.5 Å². The van der Waals surface area contributed by atoms with E-state index in [-0.39, 0.29) is 23.4 Å². The van der Waals surface area contributed by atoms with E-state index in [1.54, 1.807) is 35.4 Å². The molecule has 7 heteroatoms. The lowest BCUT2D eigenvalue weighted by atomic mass is 9.97. The Labute approximate surface area is 151 Å². The second-order valence-corrected chi connectivity index (χ2v) is 6.48. The summed E-state index contributed by atoms with van der Waals surface area (Å²) in [5.74, 6) is -0.526. The normalized spacial score (nSPS) is 17.0. The summed E-state index contributed by atoms with van der Waals surface area (Å²) in [4.78, 5) is 40.7. The maximum Gasteiger partial charge on any atom is 0.330 e. The minimum atomic E-state index is -0.256. The predicted octanol–water partition coefficient (Wildman–Crippen LogP) is 1.84. The predicted molar refractivity (Wildman–Crippen MR) is 99.3 cm³/mol. The van der Waals surface area contributed by atoms with Crippen molar-refractivity contribution in [2.45, 2.75) is 19.8 Å². The number of H-pyrrole nitrogens is 1. The summed E-state index contributed by atoms with van der Waals surface area (Å²) in [5, 5.41) is 2.90. The van der Waals surface area contributed by atoms with Crippen molar-refractivity contribution in [1.29, 1.82) is 0 Å². The molecule has 1 saturated heterocycles. The number of nitrogens with one attached hydrogen (secondary N) is 2. The molecule has 0 radical (unpaired) electrons. The van der Waals surface area contributed by atoms with E-state index in [1.165, 1.54) is 10.6 Å². The number of carbonyl (C=O) groups excluding carboxylic acids is 2. The van der Waals surface area contributed by atoms with Crippen molar-refractivity contribution < 1.29 is 9.59 Å². The molecule has 0 aliphatic carbocycles. The highest BCUT2D eigenvalue weighted by Gasteiger charge is 2.27. The molecule has 2 N–H and O–H groups in total. The number of benzene rings is 1. The molecule has 136 valence electrons. The number of likely N-dealkylation sites (tertiary alicyclic amines) is 1. The van der Waals surface area contributed by atoms with Crippen LogP contribution in [0.1, 0.15) is 18.5 Å². The molecule has 26 heavy (non-hydrogen) atoms. The number of imidazole rings is 1. The Bertz CT molecular complexity index is 896. The third-order valence-electron chi connectivity index (χ3n) is 4.52. The molecule has 7 nitrogen and oxygen atoms in total. The van der Waals surface area contributed by atoms with E-state index < -0.39 is 0 Å². The molecular weight excluding hydrogens is 332 g/mol. The van der Waals surface area contributed by atoms with Crippen molar-refractivity contribution in [2.75, 3.05) is 18.4 Å². The fourth-order valence-electron chi connectivity index (χ4n) is 3.20. The highest BCUT2D eigenvalue weighted by molar-refractivity contribution is 5.94. The number of piperidine rings is 1. The first-order valence-corrected chi connectivity index (χ1v) is 8.59. The lowest BCUT2D eigenvalue weighted by Crippen LogP contribution is -2.43. The first-order chi connectivity index (χ1) is 12.5. The standard InChI is InChI=1S/C19H22N4O3/c1-3-17(24)22-9-5-6-14(12-22)18(25)21-15-7-4-8-16(10-15)23-11-13(2)20-19(23)26/h3-4,7-8,10-11,14H,1,5-6,9,12H2,2H3,(H,20,26)(H,21,25). The van der Waals surface area contributed by atoms with Crippen molar-refractivity contribution >= 4 is 17.5 Å². The number of aryl methyl sites for hydroxylation is 1. The number of anilines is 1. The minimum absolute atomic E-state index is 0.124. The molecule has 1 unspecified atom stereocenters. The maximum absolute atomic E-state index is 12.6. The summed E-state index contributed by atoms with van der Waals surface area (Å²) in [7, 11) is 0. The van der Waals surface area contributed by atoms with Gasteiger partial charge in [-0.2, -0.15) is 0 Å². The lowest BCUT2D eigenvalue weighted by molar-refractivity contribution is -0.130. The van der Waals surface area contributed by atoms with Crippen LogP contribution in [0.25, 0.3) is 5.69 Å². The number of carbonyl (C=O) groups is 2. The largest absolute Gasteiger partial charge is 0.338 e. The van der Waals surface area contributed by atoms with Crippen LogP contribution in [0.5, 0.6) is 0 Å². The van der Waals surface area contributed by atoms with E-state index in [2.05, 4.69) is 16.9 Å². The maximum atomic E-state index is 12.6. The van der Waals surface area contributed by atoms with Gasteiger partial charge in [0.05, 0.1) is 11.6 Å². The van der Waals surface area contributed by atoms with Crippen LogP contribution in [-0.4, -0.2) is 39.4 Å². The third kappa shape index (κ3) is 3.77. The van der Waals surface area contributed by atoms with E-state index in [0.29, 0.717) is 24.5 Å². The molecule has 1 aliphatic heterocycles. The van der Waals surface area contributed by atoms with Gasteiger partial charge in [0, 0.05) is 30.7 Å². The molecule has 0 saturated carbocycles. The second-order valence-electron chi connectivity index (χ2n) is 6.48. The first-order valence-electron chi connectivity index (χ1n) is 8.59. The van der Waals surface area contributed by atoms with Crippen molar-refractivity contribution in [1.82, 2.24) is 14.5 Å². The van der Waals surface area contributed by atoms with Gasteiger partial charge < -0.3 is 15.2 Å². The molecule has 2 aromatic rings. The monoisotopic (exact) mass is 354 g/mol. The topological polar surface area (TPSA) is 87.2 Å². The summed E-state index contributed by atoms with van der Waals surface area (Å²) in [6.07, 6.45) is 4.52. The number of hydrogen-bond donors (Lipinski definition) is 2. The van der Waals surface area contributed by atoms with Crippen LogP contribution in [0, 0.1) is 12.8 Å². The lowest BCUT2D eigenvalue weighted by Gasteiger charge is -2.31. The molecular formula is C19H22N4O3. The fourth-order valence-corrected chi connectivity index (χ4v) is 3.20. The van der Waals surface area contributed by atoms with Crippen LogP contribution >= 0.6 is 0 Å².